The predicted molar refractivity (Wildman–Crippen MR) is 112 cm³/mol. The van der Waals surface area contributed by atoms with Gasteiger partial charge >= 0.3 is 0 Å². The largest absolute Gasteiger partial charge is 0.497 e. The van der Waals surface area contributed by atoms with E-state index in [-0.39, 0.29) is 5.91 Å². The molecule has 0 aliphatic heterocycles. The van der Waals surface area contributed by atoms with Crippen molar-refractivity contribution in [1.82, 2.24) is 4.57 Å². The fourth-order valence-electron chi connectivity index (χ4n) is 2.90. The van der Waals surface area contributed by atoms with Crippen molar-refractivity contribution < 1.29 is 14.3 Å². The number of hydrogen-bond donors (Lipinski definition) is 0. The van der Waals surface area contributed by atoms with Crippen LogP contribution in [0, 0.1) is 12.3 Å². The van der Waals surface area contributed by atoms with Gasteiger partial charge in [0.1, 0.15) is 11.5 Å². The maximum absolute atomic E-state index is 12.9. The van der Waals surface area contributed by atoms with Crippen LogP contribution in [0.15, 0.2) is 41.4 Å². The minimum atomic E-state index is -0.388. The Labute approximate surface area is 168 Å². The van der Waals surface area contributed by atoms with Crippen molar-refractivity contribution in [3.05, 3.63) is 52.3 Å². The summed E-state index contributed by atoms with van der Waals surface area (Å²) in [6.45, 7) is 4.64. The van der Waals surface area contributed by atoms with Crippen molar-refractivity contribution >= 4 is 27.5 Å². The minimum absolute atomic E-state index is 0.340. The number of carbonyl (C=O) groups excluding carboxylic acids is 1. The summed E-state index contributed by atoms with van der Waals surface area (Å²) < 4.78 is 13.5. The van der Waals surface area contributed by atoms with Gasteiger partial charge in [-0.25, -0.2) is 0 Å². The first-order chi connectivity index (χ1) is 13.5. The number of carbonyl (C=O) groups is 1. The molecule has 3 rings (SSSR count). The number of hydrogen-bond acceptors (Lipinski definition) is 4. The van der Waals surface area contributed by atoms with Gasteiger partial charge < -0.3 is 14.0 Å². The van der Waals surface area contributed by atoms with E-state index in [9.17, 15) is 4.79 Å². The standard InChI is InChI=1S/C22H22N2O3S/c1-6-11-24-18-10-7-15(14(2)3)12-20(18)28-22(24)23-21(25)17-9-8-16(26-4)13-19(17)27-5/h1,7-10,12-14H,11H2,2-5H3. The molecule has 0 N–H and O–H groups in total. The number of amides is 1. The zero-order valence-electron chi connectivity index (χ0n) is 16.4. The van der Waals surface area contributed by atoms with Gasteiger partial charge in [-0.2, -0.15) is 4.99 Å². The summed E-state index contributed by atoms with van der Waals surface area (Å²) >= 11 is 1.45. The molecule has 28 heavy (non-hydrogen) atoms. The van der Waals surface area contributed by atoms with Crippen molar-refractivity contribution in [3.8, 4) is 23.8 Å². The van der Waals surface area contributed by atoms with E-state index in [1.54, 1.807) is 25.3 Å². The summed E-state index contributed by atoms with van der Waals surface area (Å²) in [6.07, 6.45) is 5.55. The molecule has 0 aliphatic rings. The normalized spacial score (nSPS) is 11.6. The van der Waals surface area contributed by atoms with Gasteiger partial charge in [0.25, 0.3) is 5.91 Å². The van der Waals surface area contributed by atoms with E-state index in [1.807, 2.05) is 10.6 Å². The second-order valence-corrected chi connectivity index (χ2v) is 7.55. The number of benzene rings is 2. The minimum Gasteiger partial charge on any atom is -0.497 e. The SMILES string of the molecule is C#CCn1c(=NC(=O)c2ccc(OC)cc2OC)sc2cc(C(C)C)ccc21. The average Bonchev–Trinajstić information content (AvgIpc) is 3.03. The lowest BCUT2D eigenvalue weighted by molar-refractivity contribution is 0.0995. The molecular weight excluding hydrogens is 372 g/mol. The van der Waals surface area contributed by atoms with Crippen molar-refractivity contribution in [2.45, 2.75) is 26.3 Å². The van der Waals surface area contributed by atoms with Crippen LogP contribution >= 0.6 is 11.3 Å². The van der Waals surface area contributed by atoms with Gasteiger partial charge in [0.2, 0.25) is 0 Å². The number of thiazole rings is 1. The lowest BCUT2D eigenvalue weighted by Crippen LogP contribution is -2.16. The summed E-state index contributed by atoms with van der Waals surface area (Å²) in [7, 11) is 3.07. The van der Waals surface area contributed by atoms with Crippen LogP contribution < -0.4 is 14.3 Å². The highest BCUT2D eigenvalue weighted by Gasteiger charge is 2.14. The Balaban J connectivity index is 2.14. The van der Waals surface area contributed by atoms with Crippen molar-refractivity contribution in [3.63, 3.8) is 0 Å². The first-order valence-electron chi connectivity index (χ1n) is 8.86. The smallest absolute Gasteiger partial charge is 0.283 e. The molecule has 0 aliphatic carbocycles. The molecule has 5 nitrogen and oxygen atoms in total. The van der Waals surface area contributed by atoms with Crippen LogP contribution in [0.4, 0.5) is 0 Å². The molecule has 0 unspecified atom stereocenters. The predicted octanol–water partition coefficient (Wildman–Crippen LogP) is 4.22. The second kappa shape index (κ2) is 8.32. The molecule has 1 amide bonds. The van der Waals surface area contributed by atoms with Gasteiger partial charge in [-0.1, -0.05) is 37.2 Å². The number of fused-ring (bicyclic) bond motifs is 1. The van der Waals surface area contributed by atoms with Crippen molar-refractivity contribution in [2.75, 3.05) is 14.2 Å². The molecule has 0 fully saturated rings. The maximum atomic E-state index is 12.9. The summed E-state index contributed by atoms with van der Waals surface area (Å²) in [5, 5.41) is 0. The van der Waals surface area contributed by atoms with Gasteiger partial charge in [0.05, 0.1) is 36.5 Å². The Kier molecular flexibility index (Phi) is 5.86. The number of ether oxygens (including phenoxy) is 2. The third-order valence-corrected chi connectivity index (χ3v) is 5.50. The Bertz CT molecular complexity index is 1130. The highest BCUT2D eigenvalue weighted by Crippen LogP contribution is 2.26. The second-order valence-electron chi connectivity index (χ2n) is 6.54. The molecule has 144 valence electrons. The summed E-state index contributed by atoms with van der Waals surface area (Å²) in [5.74, 6) is 3.70. The number of nitrogens with zero attached hydrogens (tertiary/aromatic N) is 2. The third kappa shape index (κ3) is 3.80. The zero-order valence-corrected chi connectivity index (χ0v) is 17.2. The fourth-order valence-corrected chi connectivity index (χ4v) is 3.98. The molecule has 0 saturated heterocycles. The summed E-state index contributed by atoms with van der Waals surface area (Å²) in [5.41, 5.74) is 2.58. The topological polar surface area (TPSA) is 52.8 Å². The van der Waals surface area contributed by atoms with Gasteiger partial charge in [-0.3, -0.25) is 4.79 Å². The number of terminal acetylenes is 1. The van der Waals surface area contributed by atoms with Crippen LogP contribution in [-0.2, 0) is 6.54 Å². The van der Waals surface area contributed by atoms with Gasteiger partial charge in [-0.15, -0.1) is 6.42 Å². The van der Waals surface area contributed by atoms with E-state index >= 15 is 0 Å². The first-order valence-corrected chi connectivity index (χ1v) is 9.68. The van der Waals surface area contributed by atoms with Crippen molar-refractivity contribution in [1.29, 1.82) is 0 Å². The van der Waals surface area contributed by atoms with E-state index in [4.69, 9.17) is 15.9 Å². The fraction of sp³-hybridized carbons (Fsp3) is 0.273. The lowest BCUT2D eigenvalue weighted by Gasteiger charge is -2.07. The quantitative estimate of drug-likeness (QED) is 0.609. The Morgan fingerprint density at radius 1 is 1.21 bits per heavy atom. The van der Waals surface area contributed by atoms with E-state index < -0.39 is 0 Å². The summed E-state index contributed by atoms with van der Waals surface area (Å²) in [6, 6.07) is 11.3. The highest BCUT2D eigenvalue weighted by atomic mass is 32.1. The van der Waals surface area contributed by atoms with E-state index in [2.05, 4.69) is 36.9 Å². The average molecular weight is 394 g/mol. The molecule has 0 bridgehead atoms. The van der Waals surface area contributed by atoms with Gasteiger partial charge in [0.15, 0.2) is 4.80 Å². The van der Waals surface area contributed by atoms with Crippen LogP contribution in [-0.4, -0.2) is 24.7 Å². The Hall–Kier alpha value is -3.04. The first kappa shape index (κ1) is 19.7. The molecule has 1 heterocycles. The van der Waals surface area contributed by atoms with Crippen molar-refractivity contribution in [2.24, 2.45) is 4.99 Å². The van der Waals surface area contributed by atoms with E-state index in [0.717, 1.165) is 10.2 Å². The number of methoxy groups -OCH3 is 2. The Morgan fingerprint density at radius 2 is 2.00 bits per heavy atom. The monoisotopic (exact) mass is 394 g/mol. The molecule has 0 atom stereocenters. The molecule has 0 radical (unpaired) electrons. The molecule has 2 aromatic carbocycles. The molecule has 0 spiro atoms. The molecule has 3 aromatic rings. The van der Waals surface area contributed by atoms with Crippen LogP contribution in [0.1, 0.15) is 35.7 Å². The molecule has 0 saturated carbocycles. The van der Waals surface area contributed by atoms with Crippen LogP contribution in [0.2, 0.25) is 0 Å². The van der Waals surface area contributed by atoms with Crippen LogP contribution in [0.25, 0.3) is 10.2 Å². The van der Waals surface area contributed by atoms with Crippen LogP contribution in [0.5, 0.6) is 11.5 Å². The molecule has 1 aromatic heterocycles. The van der Waals surface area contributed by atoms with Gasteiger partial charge in [-0.05, 0) is 35.7 Å². The number of aromatic nitrogens is 1. The maximum Gasteiger partial charge on any atom is 0.283 e. The third-order valence-electron chi connectivity index (χ3n) is 4.46. The molecule has 6 heteroatoms. The van der Waals surface area contributed by atoms with E-state index in [0.29, 0.717) is 34.3 Å². The lowest BCUT2D eigenvalue weighted by atomic mass is 10.0. The Morgan fingerprint density at radius 3 is 2.64 bits per heavy atom. The highest BCUT2D eigenvalue weighted by molar-refractivity contribution is 7.16. The zero-order chi connectivity index (χ0) is 20.3. The van der Waals surface area contributed by atoms with Crippen LogP contribution in [0.3, 0.4) is 0 Å². The number of rotatable bonds is 5. The van der Waals surface area contributed by atoms with E-state index in [1.165, 1.54) is 24.0 Å². The summed E-state index contributed by atoms with van der Waals surface area (Å²) in [4.78, 5) is 17.8. The van der Waals surface area contributed by atoms with Gasteiger partial charge in [0, 0.05) is 6.07 Å². The molecular formula is C22H22N2O3S.